The molecule has 0 bridgehead atoms. The highest BCUT2D eigenvalue weighted by Gasteiger charge is 2.15. The van der Waals surface area contributed by atoms with E-state index in [9.17, 15) is 0 Å². The topological polar surface area (TPSA) is 12.4 Å². The maximum atomic E-state index is 4.99. The quantitative estimate of drug-likeness (QED) is 0.232. The molecule has 2 aliphatic carbocycles. The van der Waals surface area contributed by atoms with Gasteiger partial charge < -0.3 is 0 Å². The van der Waals surface area contributed by atoms with Crippen molar-refractivity contribution < 1.29 is 0 Å². The van der Waals surface area contributed by atoms with E-state index in [4.69, 9.17) is 4.99 Å². The van der Waals surface area contributed by atoms with Gasteiger partial charge in [0, 0.05) is 5.71 Å². The van der Waals surface area contributed by atoms with E-state index < -0.39 is 0 Å². The number of rotatable bonds is 10. The van der Waals surface area contributed by atoms with Crippen LogP contribution in [0.1, 0.15) is 53.9 Å². The van der Waals surface area contributed by atoms with E-state index in [-0.39, 0.29) is 0 Å². The van der Waals surface area contributed by atoms with Gasteiger partial charge in [0.25, 0.3) is 0 Å². The van der Waals surface area contributed by atoms with Crippen molar-refractivity contribution in [3.63, 3.8) is 0 Å². The van der Waals surface area contributed by atoms with Gasteiger partial charge in [-0.1, -0.05) is 112 Å². The van der Waals surface area contributed by atoms with Gasteiger partial charge in [0.05, 0.1) is 6.54 Å². The van der Waals surface area contributed by atoms with E-state index in [1.54, 1.807) is 0 Å². The van der Waals surface area contributed by atoms with Crippen LogP contribution in [0.2, 0.25) is 0 Å². The molecule has 0 amide bonds. The molecule has 2 rings (SSSR count). The molecule has 178 valence electrons. The highest BCUT2D eigenvalue weighted by Crippen LogP contribution is 2.30. The molecule has 0 heterocycles. The van der Waals surface area contributed by atoms with E-state index in [2.05, 4.69) is 109 Å². The van der Waals surface area contributed by atoms with Gasteiger partial charge in [-0.15, -0.1) is 0 Å². The molecule has 0 aromatic rings. The first-order chi connectivity index (χ1) is 16.4. The minimum Gasteiger partial charge on any atom is -0.285 e. The first kappa shape index (κ1) is 27.1. The molecule has 0 saturated heterocycles. The molecular formula is C33H41N. The first-order valence-electron chi connectivity index (χ1n) is 12.4. The molecule has 1 heteroatoms. The second-order valence-electron chi connectivity index (χ2n) is 8.84. The highest BCUT2D eigenvalue weighted by atomic mass is 14.7. The van der Waals surface area contributed by atoms with Gasteiger partial charge in [-0.05, 0) is 79.4 Å². The minimum absolute atomic E-state index is 0.368. The zero-order valence-electron chi connectivity index (χ0n) is 21.8. The lowest BCUT2D eigenvalue weighted by atomic mass is 9.87. The molecule has 0 N–H and O–H groups in total. The van der Waals surface area contributed by atoms with Crippen molar-refractivity contribution in [1.29, 1.82) is 0 Å². The Hall–Kier alpha value is -3.19. The van der Waals surface area contributed by atoms with Crippen LogP contribution in [-0.4, -0.2) is 12.3 Å². The third kappa shape index (κ3) is 7.42. The lowest BCUT2D eigenvalue weighted by Gasteiger charge is -2.19. The van der Waals surface area contributed by atoms with Gasteiger partial charge in [0.2, 0.25) is 0 Å². The Morgan fingerprint density at radius 1 is 1.12 bits per heavy atom. The van der Waals surface area contributed by atoms with Crippen LogP contribution in [0.25, 0.3) is 0 Å². The Bertz CT molecular complexity index is 1060. The van der Waals surface area contributed by atoms with Crippen molar-refractivity contribution in [2.24, 2.45) is 10.9 Å². The standard InChI is InChI=1S/C33H41N/c1-8-11-18-28(29(10-3)31-20-14-13-17-26(31)6)23-24-34-27(7)32-21-15-16-22-33(32)30(25(4)5)19-12-9-2/h9-15,17-21,23,26H,2-3,8,16,22,24H2,1,4-7H3/b18-11-,19-12-,28-23+,31-29+,34-27?. The summed E-state index contributed by atoms with van der Waals surface area (Å²) in [4.78, 5) is 4.99. The molecule has 0 aromatic carbocycles. The van der Waals surface area contributed by atoms with Crippen LogP contribution in [-0.2, 0) is 0 Å². The number of hydrogen-bond donors (Lipinski definition) is 0. The van der Waals surface area contributed by atoms with Crippen LogP contribution in [0.3, 0.4) is 0 Å². The Kier molecular flexibility index (Phi) is 11.3. The highest BCUT2D eigenvalue weighted by molar-refractivity contribution is 6.02. The zero-order valence-corrected chi connectivity index (χ0v) is 21.8. The van der Waals surface area contributed by atoms with E-state index in [0.29, 0.717) is 12.5 Å². The maximum Gasteiger partial charge on any atom is 0.0582 e. The summed E-state index contributed by atoms with van der Waals surface area (Å²) in [6, 6.07) is 0. The monoisotopic (exact) mass is 451 g/mol. The normalized spacial score (nSPS) is 20.4. The van der Waals surface area contributed by atoms with Crippen molar-refractivity contribution in [2.75, 3.05) is 6.54 Å². The van der Waals surface area contributed by atoms with Crippen LogP contribution < -0.4 is 0 Å². The molecule has 0 saturated carbocycles. The van der Waals surface area contributed by atoms with E-state index in [0.717, 1.165) is 25.0 Å². The predicted octanol–water partition coefficient (Wildman–Crippen LogP) is 9.31. The second kappa shape index (κ2) is 14.2. The average Bonchev–Trinajstić information content (AvgIpc) is 2.83. The van der Waals surface area contributed by atoms with Gasteiger partial charge in [0.1, 0.15) is 0 Å². The van der Waals surface area contributed by atoms with E-state index in [1.807, 2.05) is 18.2 Å². The third-order valence-corrected chi connectivity index (χ3v) is 6.10. The Morgan fingerprint density at radius 2 is 1.91 bits per heavy atom. The summed E-state index contributed by atoms with van der Waals surface area (Å²) in [6.07, 6.45) is 30.9. The largest absolute Gasteiger partial charge is 0.285 e. The Balaban J connectivity index is 2.45. The molecule has 1 nitrogen and oxygen atoms in total. The molecule has 0 radical (unpaired) electrons. The molecule has 0 aliphatic heterocycles. The van der Waals surface area contributed by atoms with Crippen molar-refractivity contribution in [2.45, 2.75) is 53.9 Å². The van der Waals surface area contributed by atoms with Crippen molar-refractivity contribution >= 4 is 5.71 Å². The molecule has 0 aromatic heterocycles. The Morgan fingerprint density at radius 3 is 2.56 bits per heavy atom. The number of aliphatic imine (C=N–C) groups is 1. The first-order valence-corrected chi connectivity index (χ1v) is 12.4. The molecule has 0 fully saturated rings. The summed E-state index contributed by atoms with van der Waals surface area (Å²) < 4.78 is 0. The predicted molar refractivity (Wildman–Crippen MR) is 153 cm³/mol. The van der Waals surface area contributed by atoms with Crippen molar-refractivity contribution in [3.05, 3.63) is 131 Å². The zero-order chi connectivity index (χ0) is 24.9. The fourth-order valence-corrected chi connectivity index (χ4v) is 4.28. The summed E-state index contributed by atoms with van der Waals surface area (Å²) in [5.41, 5.74) is 9.96. The van der Waals surface area contributed by atoms with Gasteiger partial charge in [0.15, 0.2) is 0 Å². The summed E-state index contributed by atoms with van der Waals surface area (Å²) in [5, 5.41) is 0. The summed E-state index contributed by atoms with van der Waals surface area (Å²) in [6.45, 7) is 19.5. The van der Waals surface area contributed by atoms with Gasteiger partial charge >= 0.3 is 0 Å². The van der Waals surface area contributed by atoms with Gasteiger partial charge in [-0.25, -0.2) is 0 Å². The van der Waals surface area contributed by atoms with Crippen molar-refractivity contribution in [1.82, 2.24) is 0 Å². The number of allylic oxidation sites excluding steroid dienone is 19. The lowest BCUT2D eigenvalue weighted by Crippen LogP contribution is -2.07. The summed E-state index contributed by atoms with van der Waals surface area (Å²) in [5.74, 6) is 0.368. The fourth-order valence-electron chi connectivity index (χ4n) is 4.28. The van der Waals surface area contributed by atoms with Crippen LogP contribution in [0.5, 0.6) is 0 Å². The lowest BCUT2D eigenvalue weighted by molar-refractivity contribution is 0.874. The molecule has 2 aliphatic rings. The molecule has 34 heavy (non-hydrogen) atoms. The molecular weight excluding hydrogens is 410 g/mol. The smallest absolute Gasteiger partial charge is 0.0582 e. The van der Waals surface area contributed by atoms with Crippen LogP contribution in [0, 0.1) is 5.92 Å². The number of hydrogen-bond acceptors (Lipinski definition) is 1. The van der Waals surface area contributed by atoms with Gasteiger partial charge in [-0.2, -0.15) is 0 Å². The minimum atomic E-state index is 0.368. The second-order valence-corrected chi connectivity index (χ2v) is 8.84. The molecule has 0 spiro atoms. The van der Waals surface area contributed by atoms with Crippen molar-refractivity contribution in [3.8, 4) is 0 Å². The van der Waals surface area contributed by atoms with E-state index >= 15 is 0 Å². The fraction of sp³-hybridized carbons (Fsp3) is 0.303. The van der Waals surface area contributed by atoms with Crippen LogP contribution >= 0.6 is 0 Å². The summed E-state index contributed by atoms with van der Waals surface area (Å²) in [7, 11) is 0. The third-order valence-electron chi connectivity index (χ3n) is 6.10. The average molecular weight is 452 g/mol. The molecule has 1 unspecified atom stereocenters. The SMILES string of the molecule is C=C/C=C\C(=C(C)C)C1=C(C(C)=NC/C=C(\C=C/CC)C(/C=C)=C2\C=CC=CC2C)C=CCC1. The summed E-state index contributed by atoms with van der Waals surface area (Å²) >= 11 is 0. The van der Waals surface area contributed by atoms with Crippen LogP contribution in [0.15, 0.2) is 136 Å². The van der Waals surface area contributed by atoms with E-state index in [1.165, 1.54) is 39.0 Å². The van der Waals surface area contributed by atoms with Crippen LogP contribution in [0.4, 0.5) is 0 Å². The molecule has 1 atom stereocenters. The number of nitrogens with zero attached hydrogens (tertiary/aromatic N) is 1. The maximum absolute atomic E-state index is 4.99. The van der Waals surface area contributed by atoms with Gasteiger partial charge in [-0.3, -0.25) is 4.99 Å². The Labute approximate surface area is 208 Å².